The second kappa shape index (κ2) is 6.52. The quantitative estimate of drug-likeness (QED) is 0.820. The van der Waals surface area contributed by atoms with E-state index in [2.05, 4.69) is 32.6 Å². The number of amides is 1. The normalized spacial score (nSPS) is 11.5. The van der Waals surface area contributed by atoms with Gasteiger partial charge in [0.2, 0.25) is 5.91 Å². The summed E-state index contributed by atoms with van der Waals surface area (Å²) < 4.78 is 1.14. The largest absolute Gasteiger partial charge is 0.351 e. The van der Waals surface area contributed by atoms with E-state index < -0.39 is 0 Å². The van der Waals surface area contributed by atoms with E-state index in [0.717, 1.165) is 10.3 Å². The molecule has 2 N–H and O–H groups in total. The molecule has 1 rings (SSSR count). The van der Waals surface area contributed by atoms with Gasteiger partial charge in [-0.2, -0.15) is 0 Å². The predicted octanol–water partition coefficient (Wildman–Crippen LogP) is 2.91. The molecule has 0 spiro atoms. The average molecular weight is 319 g/mol. The van der Waals surface area contributed by atoms with Crippen LogP contribution in [0.5, 0.6) is 0 Å². The molecule has 0 aromatic carbocycles. The minimum Gasteiger partial charge on any atom is -0.351 e. The lowest BCUT2D eigenvalue weighted by Crippen LogP contribution is -2.41. The number of nitrogens with one attached hydrogen (secondary N) is 2. The van der Waals surface area contributed by atoms with E-state index in [1.54, 1.807) is 11.3 Å². The minimum atomic E-state index is -0.143. The monoisotopic (exact) mass is 318 g/mol. The van der Waals surface area contributed by atoms with Crippen LogP contribution in [0.2, 0.25) is 0 Å². The molecule has 0 fully saturated rings. The average Bonchev–Trinajstić information content (AvgIpc) is 2.56. The molecular formula is C12H19BrN2OS. The van der Waals surface area contributed by atoms with Gasteiger partial charge < -0.3 is 10.6 Å². The van der Waals surface area contributed by atoms with Gasteiger partial charge in [0.15, 0.2) is 0 Å². The summed E-state index contributed by atoms with van der Waals surface area (Å²) in [5, 5.41) is 6.20. The van der Waals surface area contributed by atoms with Gasteiger partial charge in [0, 0.05) is 29.9 Å². The highest BCUT2D eigenvalue weighted by Crippen LogP contribution is 2.21. The zero-order valence-electron chi connectivity index (χ0n) is 10.5. The molecule has 0 aliphatic heterocycles. The van der Waals surface area contributed by atoms with E-state index in [9.17, 15) is 4.79 Å². The summed E-state index contributed by atoms with van der Waals surface area (Å²) in [7, 11) is 0. The van der Waals surface area contributed by atoms with E-state index in [1.807, 2.05) is 26.8 Å². The number of hydrogen-bond donors (Lipinski definition) is 2. The predicted molar refractivity (Wildman–Crippen MR) is 76.2 cm³/mol. The van der Waals surface area contributed by atoms with Gasteiger partial charge in [0.25, 0.3) is 0 Å². The maximum Gasteiger partial charge on any atom is 0.221 e. The molecule has 0 aliphatic carbocycles. The van der Waals surface area contributed by atoms with Crippen LogP contribution in [0.15, 0.2) is 15.9 Å². The molecule has 96 valence electrons. The Morgan fingerprint density at radius 2 is 2.12 bits per heavy atom. The molecule has 1 aromatic heterocycles. The van der Waals surface area contributed by atoms with Gasteiger partial charge >= 0.3 is 0 Å². The van der Waals surface area contributed by atoms with Crippen LogP contribution in [-0.2, 0) is 11.3 Å². The van der Waals surface area contributed by atoms with Gasteiger partial charge in [0.05, 0.1) is 3.79 Å². The van der Waals surface area contributed by atoms with Crippen molar-refractivity contribution in [3.05, 3.63) is 20.8 Å². The molecule has 0 radical (unpaired) electrons. The van der Waals surface area contributed by atoms with E-state index in [1.165, 1.54) is 4.88 Å². The number of thiophene rings is 1. The molecule has 5 heteroatoms. The maximum absolute atomic E-state index is 11.5. The maximum atomic E-state index is 11.5. The van der Waals surface area contributed by atoms with Crippen molar-refractivity contribution >= 4 is 33.2 Å². The molecule has 0 saturated carbocycles. The number of rotatable bonds is 5. The number of hydrogen-bond acceptors (Lipinski definition) is 3. The second-order valence-corrected chi connectivity index (χ2v) is 7.48. The Bertz CT molecular complexity index is 371. The number of halogens is 1. The molecular weight excluding hydrogens is 300 g/mol. The third-order valence-electron chi connectivity index (χ3n) is 1.97. The Hall–Kier alpha value is -0.390. The summed E-state index contributed by atoms with van der Waals surface area (Å²) in [5.74, 6) is 0.0948. The van der Waals surface area contributed by atoms with Crippen molar-refractivity contribution < 1.29 is 4.79 Å². The SMILES string of the molecule is CC(C)(C)NC(=O)CCNCc1ccc(Br)s1. The molecule has 0 saturated heterocycles. The van der Waals surface area contributed by atoms with Crippen LogP contribution in [0, 0.1) is 0 Å². The van der Waals surface area contributed by atoms with Crippen LogP contribution in [0.3, 0.4) is 0 Å². The molecule has 1 aromatic rings. The standard InChI is InChI=1S/C12H19BrN2OS/c1-12(2,3)15-11(16)6-7-14-8-9-4-5-10(13)17-9/h4-5,14H,6-8H2,1-3H3,(H,15,16). The first-order valence-electron chi connectivity index (χ1n) is 5.63. The first-order valence-corrected chi connectivity index (χ1v) is 7.24. The van der Waals surface area contributed by atoms with E-state index >= 15 is 0 Å². The van der Waals surface area contributed by atoms with Crippen molar-refractivity contribution in [2.75, 3.05) is 6.54 Å². The van der Waals surface area contributed by atoms with Crippen LogP contribution in [0.4, 0.5) is 0 Å². The van der Waals surface area contributed by atoms with Crippen molar-refractivity contribution in [3.8, 4) is 0 Å². The highest BCUT2D eigenvalue weighted by Gasteiger charge is 2.12. The summed E-state index contributed by atoms with van der Waals surface area (Å²) in [6.45, 7) is 7.49. The molecule has 0 atom stereocenters. The van der Waals surface area contributed by atoms with Gasteiger partial charge in [-0.05, 0) is 48.8 Å². The van der Waals surface area contributed by atoms with Gasteiger partial charge in [-0.15, -0.1) is 11.3 Å². The summed E-state index contributed by atoms with van der Waals surface area (Å²) >= 11 is 5.13. The lowest BCUT2D eigenvalue weighted by atomic mass is 10.1. The highest BCUT2D eigenvalue weighted by molar-refractivity contribution is 9.11. The van der Waals surface area contributed by atoms with Crippen LogP contribution in [-0.4, -0.2) is 18.0 Å². The second-order valence-electron chi connectivity index (χ2n) is 4.93. The minimum absolute atomic E-state index is 0.0948. The fourth-order valence-corrected chi connectivity index (χ4v) is 2.79. The Kier molecular flexibility index (Phi) is 5.62. The van der Waals surface area contributed by atoms with Crippen LogP contribution < -0.4 is 10.6 Å². The zero-order valence-corrected chi connectivity index (χ0v) is 12.9. The fraction of sp³-hybridized carbons (Fsp3) is 0.583. The lowest BCUT2D eigenvalue weighted by Gasteiger charge is -2.20. The smallest absolute Gasteiger partial charge is 0.221 e. The lowest BCUT2D eigenvalue weighted by molar-refractivity contribution is -0.122. The van der Waals surface area contributed by atoms with Crippen LogP contribution in [0.25, 0.3) is 0 Å². The summed E-state index contributed by atoms with van der Waals surface area (Å²) in [6, 6.07) is 4.12. The molecule has 0 unspecified atom stereocenters. The van der Waals surface area contributed by atoms with Crippen molar-refractivity contribution in [3.63, 3.8) is 0 Å². The molecule has 1 amide bonds. The van der Waals surface area contributed by atoms with Crippen LogP contribution >= 0.6 is 27.3 Å². The van der Waals surface area contributed by atoms with Gasteiger partial charge in [0.1, 0.15) is 0 Å². The number of carbonyl (C=O) groups is 1. The Labute approximate surface area is 115 Å². The van der Waals surface area contributed by atoms with E-state index in [4.69, 9.17) is 0 Å². The Morgan fingerprint density at radius 3 is 2.65 bits per heavy atom. The van der Waals surface area contributed by atoms with Crippen molar-refractivity contribution in [1.82, 2.24) is 10.6 Å². The topological polar surface area (TPSA) is 41.1 Å². The van der Waals surface area contributed by atoms with Gasteiger partial charge in [-0.1, -0.05) is 0 Å². The van der Waals surface area contributed by atoms with E-state index in [-0.39, 0.29) is 11.4 Å². The molecule has 3 nitrogen and oxygen atoms in total. The van der Waals surface area contributed by atoms with Crippen molar-refractivity contribution in [2.45, 2.75) is 39.3 Å². The summed E-state index contributed by atoms with van der Waals surface area (Å²) in [5.41, 5.74) is -0.143. The number of carbonyl (C=O) groups excluding carboxylic acids is 1. The van der Waals surface area contributed by atoms with Crippen molar-refractivity contribution in [2.24, 2.45) is 0 Å². The molecule has 0 aliphatic rings. The molecule has 1 heterocycles. The zero-order chi connectivity index (χ0) is 12.9. The van der Waals surface area contributed by atoms with Gasteiger partial charge in [-0.3, -0.25) is 4.79 Å². The third kappa shape index (κ3) is 6.81. The van der Waals surface area contributed by atoms with Crippen LogP contribution in [0.1, 0.15) is 32.1 Å². The highest BCUT2D eigenvalue weighted by atomic mass is 79.9. The first kappa shape index (κ1) is 14.7. The summed E-state index contributed by atoms with van der Waals surface area (Å²) in [4.78, 5) is 12.8. The molecule has 17 heavy (non-hydrogen) atoms. The Morgan fingerprint density at radius 1 is 1.41 bits per heavy atom. The Balaban J connectivity index is 2.14. The van der Waals surface area contributed by atoms with Crippen molar-refractivity contribution in [1.29, 1.82) is 0 Å². The first-order chi connectivity index (χ1) is 7.87. The third-order valence-corrected chi connectivity index (χ3v) is 3.59. The summed E-state index contributed by atoms with van der Waals surface area (Å²) in [6.07, 6.45) is 0.518. The van der Waals surface area contributed by atoms with Gasteiger partial charge in [-0.25, -0.2) is 0 Å². The fourth-order valence-electron chi connectivity index (χ4n) is 1.34. The van der Waals surface area contributed by atoms with E-state index in [0.29, 0.717) is 13.0 Å². The molecule has 0 bridgehead atoms.